The van der Waals surface area contributed by atoms with Crippen LogP contribution in [0.5, 0.6) is 0 Å². The number of hydrogen-bond acceptors (Lipinski definition) is 3. The second-order valence-corrected chi connectivity index (χ2v) is 0.805. The Kier molecular flexibility index (Phi) is 8.96. The predicted molar refractivity (Wildman–Crippen MR) is 13.6 cm³/mol. The van der Waals surface area contributed by atoms with Gasteiger partial charge in [0, 0.05) is 0 Å². The van der Waals surface area contributed by atoms with E-state index in [9.17, 15) is 0 Å². The molecule has 3 N–H and O–H groups in total. The number of hydrogen-bond donors (Lipinski definition) is 3. The minimum Gasteiger partial charge on any atom is -0.328 e. The molecule has 0 bridgehead atoms. The molecule has 0 amide bonds. The first-order valence-electron chi connectivity index (χ1n) is 0.600. The third-order valence-electron chi connectivity index (χ3n) is 0. The average molecular weight is 146 g/mol. The molecule has 0 rings (SSSR count). The summed E-state index contributed by atoms with van der Waals surface area (Å²) >= 11 is 0. The summed E-state index contributed by atoms with van der Waals surface area (Å²) in [6.45, 7) is 0. The third-order valence-corrected chi connectivity index (χ3v) is 0. The molecule has 0 aliphatic rings. The first kappa shape index (κ1) is 9.27. The first-order valence-corrected chi connectivity index (χ1v) is 1.80. The van der Waals surface area contributed by atoms with Crippen molar-refractivity contribution in [1.82, 2.24) is 0 Å². The van der Waals surface area contributed by atoms with E-state index in [1.165, 1.54) is 0 Å². The van der Waals surface area contributed by atoms with Crippen LogP contribution in [-0.2, 0) is 17.1 Å². The van der Waals surface area contributed by atoms with Crippen LogP contribution in [-0.4, -0.2) is 14.7 Å². The Bertz CT molecular complexity index is 11.6. The van der Waals surface area contributed by atoms with Gasteiger partial charge in [-0.3, -0.25) is 0 Å². The van der Waals surface area contributed by atoms with Crippen LogP contribution >= 0.6 is 8.60 Å². The van der Waals surface area contributed by atoms with Gasteiger partial charge >= 0.3 is 25.7 Å². The van der Waals surface area contributed by atoms with Crippen molar-refractivity contribution in [3.63, 3.8) is 0 Å². The van der Waals surface area contributed by atoms with Gasteiger partial charge in [0.05, 0.1) is 0 Å². The molecule has 0 aliphatic carbocycles. The Morgan fingerprint density at radius 2 is 1.00 bits per heavy atom. The van der Waals surface area contributed by atoms with Crippen molar-refractivity contribution in [2.24, 2.45) is 0 Å². The van der Waals surface area contributed by atoms with Gasteiger partial charge in [0.2, 0.25) is 0 Å². The van der Waals surface area contributed by atoms with Crippen LogP contribution in [0.15, 0.2) is 0 Å². The second-order valence-electron chi connectivity index (χ2n) is 0.268. The van der Waals surface area contributed by atoms with E-state index in [4.69, 9.17) is 14.7 Å². The first-order chi connectivity index (χ1) is 1.73. The maximum Gasteiger partial charge on any atom is 2.00 e. The molecule has 0 atom stereocenters. The molecular formula is H3CuO3P+2. The molecule has 3 nitrogen and oxygen atoms in total. The topological polar surface area (TPSA) is 60.7 Å². The van der Waals surface area contributed by atoms with E-state index in [0.29, 0.717) is 0 Å². The summed E-state index contributed by atoms with van der Waals surface area (Å²) in [6, 6.07) is 0. The minimum absolute atomic E-state index is 0. The molecular weight excluding hydrogens is 143 g/mol. The van der Waals surface area contributed by atoms with Crippen molar-refractivity contribution in [2.75, 3.05) is 0 Å². The Hall–Kier alpha value is 0.829. The van der Waals surface area contributed by atoms with Gasteiger partial charge in [0.15, 0.2) is 0 Å². The molecule has 0 aromatic carbocycles. The van der Waals surface area contributed by atoms with Crippen LogP contribution in [0.4, 0.5) is 0 Å². The van der Waals surface area contributed by atoms with E-state index in [0.717, 1.165) is 0 Å². The monoisotopic (exact) mass is 145 g/mol. The van der Waals surface area contributed by atoms with Gasteiger partial charge in [-0.1, -0.05) is 0 Å². The second kappa shape index (κ2) is 4.83. The summed E-state index contributed by atoms with van der Waals surface area (Å²) in [5.74, 6) is 0. The maximum absolute atomic E-state index is 7.23. The summed E-state index contributed by atoms with van der Waals surface area (Å²) in [4.78, 5) is 21.7. The maximum atomic E-state index is 7.23. The molecule has 5 heavy (non-hydrogen) atoms. The molecule has 0 aliphatic heterocycles. The Morgan fingerprint density at radius 1 is 1.00 bits per heavy atom. The SMILES string of the molecule is OP(O)O.[Cu+2]. The van der Waals surface area contributed by atoms with E-state index >= 15 is 0 Å². The molecule has 0 saturated carbocycles. The van der Waals surface area contributed by atoms with Crippen LogP contribution in [0, 0.1) is 0 Å². The standard InChI is InChI=1S/Cu.H3O3P/c;1-4(2)3/h;1-3H/q+2;. The predicted octanol–water partition coefficient (Wildman–Crippen LogP) is -0.812. The molecule has 35 valence electrons. The summed E-state index contributed by atoms with van der Waals surface area (Å²) in [5.41, 5.74) is 0. The van der Waals surface area contributed by atoms with E-state index < -0.39 is 8.60 Å². The molecule has 1 radical (unpaired) electrons. The zero-order valence-corrected chi connectivity index (χ0v) is 3.93. The molecule has 5 heteroatoms. The van der Waals surface area contributed by atoms with Crippen molar-refractivity contribution < 1.29 is 31.7 Å². The van der Waals surface area contributed by atoms with Gasteiger partial charge in [-0.05, 0) is 0 Å². The van der Waals surface area contributed by atoms with Crippen LogP contribution in [0.1, 0.15) is 0 Å². The normalized spacial score (nSPS) is 7.20. The van der Waals surface area contributed by atoms with Crippen LogP contribution < -0.4 is 0 Å². The summed E-state index contributed by atoms with van der Waals surface area (Å²) in [7, 11) is -2.62. The summed E-state index contributed by atoms with van der Waals surface area (Å²) in [6.07, 6.45) is 0. The molecule has 0 spiro atoms. The molecule has 0 aromatic heterocycles. The quantitative estimate of drug-likeness (QED) is 0.309. The smallest absolute Gasteiger partial charge is 0.328 e. The average Bonchev–Trinajstić information content (AvgIpc) is 0.811. The summed E-state index contributed by atoms with van der Waals surface area (Å²) < 4.78 is 0. The molecule has 0 fully saturated rings. The van der Waals surface area contributed by atoms with E-state index in [1.807, 2.05) is 0 Å². The fourth-order valence-electron chi connectivity index (χ4n) is 0. The zero-order valence-electron chi connectivity index (χ0n) is 2.09. The van der Waals surface area contributed by atoms with Crippen molar-refractivity contribution in [2.45, 2.75) is 0 Å². The largest absolute Gasteiger partial charge is 2.00 e. The van der Waals surface area contributed by atoms with Gasteiger partial charge < -0.3 is 14.7 Å². The van der Waals surface area contributed by atoms with Crippen LogP contribution in [0.3, 0.4) is 0 Å². The Balaban J connectivity index is 0. The van der Waals surface area contributed by atoms with Gasteiger partial charge in [0.1, 0.15) is 0 Å². The minimum atomic E-state index is -2.62. The summed E-state index contributed by atoms with van der Waals surface area (Å²) in [5, 5.41) is 0. The molecule has 0 heterocycles. The van der Waals surface area contributed by atoms with Crippen molar-refractivity contribution in [3.05, 3.63) is 0 Å². The number of rotatable bonds is 0. The molecule has 0 aromatic rings. The van der Waals surface area contributed by atoms with E-state index in [2.05, 4.69) is 0 Å². The van der Waals surface area contributed by atoms with Crippen LogP contribution in [0.2, 0.25) is 0 Å². The third kappa shape index (κ3) is 56.2. The Morgan fingerprint density at radius 3 is 1.00 bits per heavy atom. The fraction of sp³-hybridized carbons (Fsp3) is 0. The van der Waals surface area contributed by atoms with E-state index in [-0.39, 0.29) is 17.1 Å². The van der Waals surface area contributed by atoms with Crippen LogP contribution in [0.25, 0.3) is 0 Å². The van der Waals surface area contributed by atoms with E-state index in [1.54, 1.807) is 0 Å². The van der Waals surface area contributed by atoms with Crippen molar-refractivity contribution >= 4 is 8.60 Å². The van der Waals surface area contributed by atoms with Crippen molar-refractivity contribution in [1.29, 1.82) is 0 Å². The molecule has 0 unspecified atom stereocenters. The van der Waals surface area contributed by atoms with Gasteiger partial charge in [-0.15, -0.1) is 0 Å². The zero-order chi connectivity index (χ0) is 3.58. The fourth-order valence-corrected chi connectivity index (χ4v) is 0. The van der Waals surface area contributed by atoms with Crippen molar-refractivity contribution in [3.8, 4) is 0 Å². The van der Waals surface area contributed by atoms with Gasteiger partial charge in [-0.2, -0.15) is 0 Å². The van der Waals surface area contributed by atoms with Gasteiger partial charge in [0.25, 0.3) is 0 Å². The molecule has 0 saturated heterocycles. The Labute approximate surface area is 41.1 Å². The van der Waals surface area contributed by atoms with Gasteiger partial charge in [-0.25, -0.2) is 0 Å².